The number of hydrogen-bond donors (Lipinski definition) is 1. The third-order valence-electron chi connectivity index (χ3n) is 3.68. The van der Waals surface area contributed by atoms with Crippen LogP contribution in [0.25, 0.3) is 0 Å². The molecule has 0 spiro atoms. The number of alkyl halides is 3. The first-order valence-electron chi connectivity index (χ1n) is 8.17. The largest absolute Gasteiger partial charge is 0.471 e. The zero-order chi connectivity index (χ0) is 19.5. The van der Waals surface area contributed by atoms with E-state index in [9.17, 15) is 22.8 Å². The fourth-order valence-corrected chi connectivity index (χ4v) is 2.43. The highest BCUT2D eigenvalue weighted by atomic mass is 19.4. The van der Waals surface area contributed by atoms with Gasteiger partial charge in [0.1, 0.15) is 5.60 Å². The van der Waals surface area contributed by atoms with Gasteiger partial charge in [0.2, 0.25) is 0 Å². The molecule has 1 heterocycles. The quantitative estimate of drug-likeness (QED) is 0.865. The molecule has 2 rings (SSSR count). The van der Waals surface area contributed by atoms with Crippen LogP contribution < -0.4 is 10.2 Å². The van der Waals surface area contributed by atoms with E-state index in [0.29, 0.717) is 26.2 Å². The van der Waals surface area contributed by atoms with Gasteiger partial charge < -0.3 is 19.9 Å². The van der Waals surface area contributed by atoms with E-state index in [-0.39, 0.29) is 11.8 Å². The van der Waals surface area contributed by atoms with Crippen LogP contribution in [0.5, 0.6) is 0 Å². The van der Waals surface area contributed by atoms with Crippen molar-refractivity contribution in [2.75, 3.05) is 36.4 Å². The van der Waals surface area contributed by atoms with Gasteiger partial charge in [0.05, 0.1) is 0 Å². The minimum Gasteiger partial charge on any atom is -0.444 e. The van der Waals surface area contributed by atoms with Gasteiger partial charge in [0.25, 0.3) is 0 Å². The van der Waals surface area contributed by atoms with Crippen molar-refractivity contribution in [3.05, 3.63) is 24.3 Å². The van der Waals surface area contributed by atoms with Crippen LogP contribution in [-0.4, -0.2) is 54.9 Å². The first-order valence-corrected chi connectivity index (χ1v) is 8.17. The Kier molecular flexibility index (Phi) is 5.68. The van der Waals surface area contributed by atoms with Gasteiger partial charge in [-0.1, -0.05) is 0 Å². The maximum Gasteiger partial charge on any atom is 0.471 e. The van der Waals surface area contributed by atoms with Crippen molar-refractivity contribution in [1.82, 2.24) is 4.90 Å². The molecule has 1 aromatic rings. The van der Waals surface area contributed by atoms with Gasteiger partial charge in [-0.05, 0) is 45.0 Å². The van der Waals surface area contributed by atoms with E-state index < -0.39 is 17.7 Å². The molecule has 0 saturated carbocycles. The SMILES string of the molecule is CC(C)(C)OC(=O)N1CCN(c2ccc(NC(=O)C(F)(F)F)cc2)CC1. The van der Waals surface area contributed by atoms with Crippen molar-refractivity contribution in [1.29, 1.82) is 0 Å². The Bertz CT molecular complexity index is 646. The van der Waals surface area contributed by atoms with E-state index in [1.165, 1.54) is 12.1 Å². The van der Waals surface area contributed by atoms with Crippen LogP contribution in [-0.2, 0) is 9.53 Å². The summed E-state index contributed by atoms with van der Waals surface area (Å²) in [4.78, 5) is 26.6. The first-order chi connectivity index (χ1) is 12.0. The molecular weight excluding hydrogens is 351 g/mol. The molecule has 26 heavy (non-hydrogen) atoms. The second-order valence-corrected chi connectivity index (χ2v) is 6.95. The number of anilines is 2. The molecule has 1 aliphatic rings. The predicted molar refractivity (Wildman–Crippen MR) is 91.1 cm³/mol. The van der Waals surface area contributed by atoms with Crippen LogP contribution in [0.2, 0.25) is 0 Å². The summed E-state index contributed by atoms with van der Waals surface area (Å²) in [6, 6.07) is 6.10. The van der Waals surface area contributed by atoms with Gasteiger partial charge in [-0.3, -0.25) is 4.79 Å². The Balaban J connectivity index is 1.90. The van der Waals surface area contributed by atoms with Gasteiger partial charge in [-0.2, -0.15) is 13.2 Å². The van der Waals surface area contributed by atoms with Crippen LogP contribution in [0.15, 0.2) is 24.3 Å². The van der Waals surface area contributed by atoms with Crippen molar-refractivity contribution in [3.8, 4) is 0 Å². The number of halogens is 3. The highest BCUT2D eigenvalue weighted by Crippen LogP contribution is 2.22. The topological polar surface area (TPSA) is 61.9 Å². The van der Waals surface area contributed by atoms with E-state index >= 15 is 0 Å². The molecule has 1 fully saturated rings. The Labute approximate surface area is 149 Å². The molecule has 6 nitrogen and oxygen atoms in total. The number of amides is 2. The normalized spacial score (nSPS) is 15.6. The van der Waals surface area contributed by atoms with Gasteiger partial charge in [-0.15, -0.1) is 0 Å². The van der Waals surface area contributed by atoms with Crippen molar-refractivity contribution in [3.63, 3.8) is 0 Å². The zero-order valence-corrected chi connectivity index (χ0v) is 14.9. The van der Waals surface area contributed by atoms with E-state index in [4.69, 9.17) is 4.74 Å². The number of ether oxygens (including phenoxy) is 1. The maximum absolute atomic E-state index is 12.2. The molecule has 2 amide bonds. The van der Waals surface area contributed by atoms with E-state index in [1.54, 1.807) is 43.1 Å². The molecule has 1 saturated heterocycles. The van der Waals surface area contributed by atoms with E-state index in [0.717, 1.165) is 5.69 Å². The number of rotatable bonds is 2. The molecule has 144 valence electrons. The van der Waals surface area contributed by atoms with Crippen molar-refractivity contribution >= 4 is 23.4 Å². The lowest BCUT2D eigenvalue weighted by Gasteiger charge is -2.36. The third kappa shape index (κ3) is 5.53. The molecule has 9 heteroatoms. The summed E-state index contributed by atoms with van der Waals surface area (Å²) in [5.74, 6) is -2.00. The molecule has 0 unspecified atom stereocenters. The number of benzene rings is 1. The molecule has 0 aromatic heterocycles. The average Bonchev–Trinajstić information content (AvgIpc) is 2.53. The Morgan fingerprint density at radius 1 is 1.00 bits per heavy atom. The van der Waals surface area contributed by atoms with Gasteiger partial charge in [0.15, 0.2) is 0 Å². The number of carbonyl (C=O) groups excluding carboxylic acids is 2. The Morgan fingerprint density at radius 3 is 2.00 bits per heavy atom. The fraction of sp³-hybridized carbons (Fsp3) is 0.529. The minimum absolute atomic E-state index is 0.0727. The first kappa shape index (κ1) is 19.9. The summed E-state index contributed by atoms with van der Waals surface area (Å²) >= 11 is 0. The second kappa shape index (κ2) is 7.43. The molecule has 1 N–H and O–H groups in total. The predicted octanol–water partition coefficient (Wildman–Crippen LogP) is 3.24. The van der Waals surface area contributed by atoms with E-state index in [1.807, 2.05) is 4.90 Å². The summed E-state index contributed by atoms with van der Waals surface area (Å²) in [6.07, 6.45) is -5.28. The van der Waals surface area contributed by atoms with Gasteiger partial charge in [-0.25, -0.2) is 4.79 Å². The number of nitrogens with zero attached hydrogens (tertiary/aromatic N) is 2. The summed E-state index contributed by atoms with van der Waals surface area (Å²) in [6.45, 7) is 7.55. The Hall–Kier alpha value is -2.45. The van der Waals surface area contributed by atoms with Crippen LogP contribution in [0.4, 0.5) is 29.3 Å². The highest BCUT2D eigenvalue weighted by Gasteiger charge is 2.38. The van der Waals surface area contributed by atoms with Gasteiger partial charge >= 0.3 is 18.2 Å². The standard InChI is InChI=1S/C17H22F3N3O3/c1-16(2,3)26-15(25)23-10-8-22(9-11-23)13-6-4-12(5-7-13)21-14(24)17(18,19)20/h4-7H,8-11H2,1-3H3,(H,21,24). The molecule has 0 bridgehead atoms. The van der Waals surface area contributed by atoms with Crippen molar-refractivity contribution in [2.24, 2.45) is 0 Å². The second-order valence-electron chi connectivity index (χ2n) is 6.95. The molecular formula is C17H22F3N3O3. The Morgan fingerprint density at radius 2 is 1.54 bits per heavy atom. The number of hydrogen-bond acceptors (Lipinski definition) is 4. The number of nitrogens with one attached hydrogen (secondary N) is 1. The third-order valence-corrected chi connectivity index (χ3v) is 3.68. The average molecular weight is 373 g/mol. The maximum atomic E-state index is 12.2. The summed E-state index contributed by atoms with van der Waals surface area (Å²) < 4.78 is 42.1. The summed E-state index contributed by atoms with van der Waals surface area (Å²) in [5, 5.41) is 1.80. The lowest BCUT2D eigenvalue weighted by atomic mass is 10.2. The fourth-order valence-electron chi connectivity index (χ4n) is 2.43. The van der Waals surface area contributed by atoms with E-state index in [2.05, 4.69) is 0 Å². The molecule has 0 aliphatic carbocycles. The van der Waals surface area contributed by atoms with Crippen LogP contribution in [0.3, 0.4) is 0 Å². The lowest BCUT2D eigenvalue weighted by Crippen LogP contribution is -2.50. The number of carbonyl (C=O) groups is 2. The van der Waals surface area contributed by atoms with Crippen molar-refractivity contribution in [2.45, 2.75) is 32.5 Å². The summed E-state index contributed by atoms with van der Waals surface area (Å²) in [7, 11) is 0. The number of piperazine rings is 1. The summed E-state index contributed by atoms with van der Waals surface area (Å²) in [5.41, 5.74) is 0.326. The zero-order valence-electron chi connectivity index (χ0n) is 14.9. The molecule has 1 aromatic carbocycles. The molecule has 1 aliphatic heterocycles. The molecule has 0 atom stereocenters. The highest BCUT2D eigenvalue weighted by molar-refractivity contribution is 5.95. The van der Waals surface area contributed by atoms with Crippen molar-refractivity contribution < 1.29 is 27.5 Å². The monoisotopic (exact) mass is 373 g/mol. The van der Waals surface area contributed by atoms with Crippen LogP contribution in [0.1, 0.15) is 20.8 Å². The molecule has 0 radical (unpaired) electrons. The minimum atomic E-state index is -4.92. The van der Waals surface area contributed by atoms with Crippen LogP contribution in [0, 0.1) is 0 Å². The smallest absolute Gasteiger partial charge is 0.444 e. The van der Waals surface area contributed by atoms with Gasteiger partial charge in [0, 0.05) is 37.6 Å². The lowest BCUT2D eigenvalue weighted by molar-refractivity contribution is -0.167. The van der Waals surface area contributed by atoms with Crippen LogP contribution >= 0.6 is 0 Å².